The molecule has 1 aromatic rings. The van der Waals surface area contributed by atoms with Crippen molar-refractivity contribution >= 4 is 11.9 Å². The molecule has 2 N–H and O–H groups in total. The van der Waals surface area contributed by atoms with Crippen molar-refractivity contribution in [1.82, 2.24) is 5.32 Å². The maximum absolute atomic E-state index is 12.2. The van der Waals surface area contributed by atoms with Gasteiger partial charge in [0.25, 0.3) is 5.91 Å². The van der Waals surface area contributed by atoms with Crippen LogP contribution in [-0.4, -0.2) is 42.3 Å². The van der Waals surface area contributed by atoms with Gasteiger partial charge in [0.1, 0.15) is 11.3 Å². The summed E-state index contributed by atoms with van der Waals surface area (Å²) in [7, 11) is 0. The summed E-state index contributed by atoms with van der Waals surface area (Å²) in [6.07, 6.45) is 0.519. The van der Waals surface area contributed by atoms with Crippen molar-refractivity contribution in [3.63, 3.8) is 0 Å². The number of hydrogen-bond acceptors (Lipinski definition) is 4. The monoisotopic (exact) mass is 335 g/mol. The van der Waals surface area contributed by atoms with E-state index < -0.39 is 17.4 Å². The van der Waals surface area contributed by atoms with E-state index in [1.54, 1.807) is 0 Å². The van der Waals surface area contributed by atoms with E-state index in [1.807, 2.05) is 25.1 Å². The van der Waals surface area contributed by atoms with Crippen LogP contribution in [0.4, 0.5) is 0 Å². The minimum atomic E-state index is -1.26. The van der Waals surface area contributed by atoms with Gasteiger partial charge in [-0.1, -0.05) is 26.0 Å². The van der Waals surface area contributed by atoms with E-state index in [9.17, 15) is 14.7 Å². The van der Waals surface area contributed by atoms with E-state index >= 15 is 0 Å². The van der Waals surface area contributed by atoms with Crippen molar-refractivity contribution in [2.75, 3.05) is 19.8 Å². The molecule has 1 heterocycles. The summed E-state index contributed by atoms with van der Waals surface area (Å²) in [5, 5.41) is 12.1. The van der Waals surface area contributed by atoms with Gasteiger partial charge < -0.3 is 19.9 Å². The lowest BCUT2D eigenvalue weighted by molar-refractivity contribution is -0.152. The van der Waals surface area contributed by atoms with Crippen LogP contribution in [0.3, 0.4) is 0 Å². The van der Waals surface area contributed by atoms with Crippen LogP contribution in [-0.2, 0) is 14.3 Å². The lowest BCUT2D eigenvalue weighted by Crippen LogP contribution is -2.58. The molecule has 0 saturated carbocycles. The first-order valence-corrected chi connectivity index (χ1v) is 8.19. The molecular weight excluding hydrogens is 310 g/mol. The second-order valence-corrected chi connectivity index (χ2v) is 6.53. The highest BCUT2D eigenvalue weighted by molar-refractivity contribution is 5.87. The fourth-order valence-electron chi connectivity index (χ4n) is 2.80. The second kappa shape index (κ2) is 7.66. The maximum atomic E-state index is 12.2. The van der Waals surface area contributed by atoms with Crippen molar-refractivity contribution in [1.29, 1.82) is 0 Å². The number of carbonyl (C=O) groups excluding carboxylic acids is 1. The summed E-state index contributed by atoms with van der Waals surface area (Å²) >= 11 is 0. The lowest BCUT2D eigenvalue weighted by Gasteiger charge is -2.33. The normalized spacial score (nSPS) is 16.7. The maximum Gasteiger partial charge on any atom is 0.329 e. The van der Waals surface area contributed by atoms with Gasteiger partial charge in [-0.05, 0) is 30.0 Å². The second-order valence-electron chi connectivity index (χ2n) is 6.53. The number of nitrogens with one attached hydrogen (secondary N) is 1. The van der Waals surface area contributed by atoms with Crippen LogP contribution in [0, 0.1) is 6.92 Å². The number of carboxylic acid groups (broad SMARTS) is 1. The summed E-state index contributed by atoms with van der Waals surface area (Å²) in [5.41, 5.74) is 0.806. The highest BCUT2D eigenvalue weighted by Gasteiger charge is 2.41. The minimum absolute atomic E-state index is 0.209. The molecule has 24 heavy (non-hydrogen) atoms. The Morgan fingerprint density at radius 2 is 2.00 bits per heavy atom. The van der Waals surface area contributed by atoms with Crippen LogP contribution in [0.25, 0.3) is 0 Å². The highest BCUT2D eigenvalue weighted by atomic mass is 16.5. The summed E-state index contributed by atoms with van der Waals surface area (Å²) < 4.78 is 10.9. The molecule has 6 heteroatoms. The van der Waals surface area contributed by atoms with Crippen LogP contribution >= 0.6 is 0 Å². The number of rotatable bonds is 6. The Balaban J connectivity index is 2.03. The number of amides is 1. The molecule has 2 rings (SSSR count). The van der Waals surface area contributed by atoms with E-state index in [0.29, 0.717) is 19.0 Å². The van der Waals surface area contributed by atoms with E-state index in [1.165, 1.54) is 0 Å². The topological polar surface area (TPSA) is 84.9 Å². The average Bonchev–Trinajstić information content (AvgIpc) is 2.53. The molecule has 0 aromatic heterocycles. The smallest absolute Gasteiger partial charge is 0.329 e. The van der Waals surface area contributed by atoms with E-state index in [0.717, 1.165) is 11.1 Å². The molecule has 6 nitrogen and oxygen atoms in total. The van der Waals surface area contributed by atoms with Crippen LogP contribution in [0.1, 0.15) is 43.7 Å². The van der Waals surface area contributed by atoms with E-state index in [2.05, 4.69) is 19.2 Å². The van der Waals surface area contributed by atoms with Gasteiger partial charge in [-0.3, -0.25) is 4.79 Å². The number of hydrogen-bond donors (Lipinski definition) is 2. The van der Waals surface area contributed by atoms with Crippen LogP contribution in [0.15, 0.2) is 18.2 Å². The van der Waals surface area contributed by atoms with E-state index in [4.69, 9.17) is 9.47 Å². The van der Waals surface area contributed by atoms with Gasteiger partial charge in [-0.25, -0.2) is 4.79 Å². The van der Waals surface area contributed by atoms with Gasteiger partial charge in [0, 0.05) is 26.1 Å². The number of carboxylic acids is 1. The zero-order chi connectivity index (χ0) is 17.7. The van der Waals surface area contributed by atoms with Crippen molar-refractivity contribution in [2.45, 2.75) is 45.1 Å². The predicted octanol–water partition coefficient (Wildman–Crippen LogP) is 2.25. The number of benzene rings is 1. The molecule has 1 fully saturated rings. The van der Waals surface area contributed by atoms with Crippen molar-refractivity contribution in [2.24, 2.45) is 0 Å². The number of aliphatic carboxylic acids is 1. The SMILES string of the molecule is Cc1ccc(C(C)C)c(OCC(=O)NC2(C(=O)O)CCOCC2)c1. The van der Waals surface area contributed by atoms with Gasteiger partial charge in [-0.2, -0.15) is 0 Å². The molecule has 1 saturated heterocycles. The third-order valence-corrected chi connectivity index (χ3v) is 4.28. The lowest BCUT2D eigenvalue weighted by atomic mass is 9.90. The average molecular weight is 335 g/mol. The molecule has 1 aromatic carbocycles. The summed E-state index contributed by atoms with van der Waals surface area (Å²) in [5.74, 6) is -0.533. The Morgan fingerprint density at radius 3 is 2.58 bits per heavy atom. The zero-order valence-electron chi connectivity index (χ0n) is 14.4. The molecule has 0 radical (unpaired) electrons. The number of ether oxygens (including phenoxy) is 2. The van der Waals surface area contributed by atoms with Crippen LogP contribution in [0.5, 0.6) is 5.75 Å². The molecule has 132 valence electrons. The Bertz CT molecular complexity index is 605. The summed E-state index contributed by atoms with van der Waals surface area (Å²) in [6.45, 7) is 6.50. The summed E-state index contributed by atoms with van der Waals surface area (Å²) in [6, 6.07) is 5.89. The molecular formula is C18H25NO5. The Labute approximate surface area is 142 Å². The Kier molecular flexibility index (Phi) is 5.83. The van der Waals surface area contributed by atoms with Crippen LogP contribution in [0.2, 0.25) is 0 Å². The first kappa shape index (κ1) is 18.3. The van der Waals surface area contributed by atoms with Gasteiger partial charge in [0.2, 0.25) is 0 Å². The Hall–Kier alpha value is -2.08. The predicted molar refractivity (Wildman–Crippen MR) is 89.3 cm³/mol. The highest BCUT2D eigenvalue weighted by Crippen LogP contribution is 2.27. The van der Waals surface area contributed by atoms with Gasteiger partial charge in [0.15, 0.2) is 6.61 Å². The van der Waals surface area contributed by atoms with Gasteiger partial charge >= 0.3 is 5.97 Å². The van der Waals surface area contributed by atoms with Crippen molar-refractivity contribution < 1.29 is 24.2 Å². The molecule has 1 amide bonds. The molecule has 1 aliphatic rings. The van der Waals surface area contributed by atoms with Crippen LogP contribution < -0.4 is 10.1 Å². The van der Waals surface area contributed by atoms with E-state index in [-0.39, 0.29) is 25.4 Å². The summed E-state index contributed by atoms with van der Waals surface area (Å²) in [4.78, 5) is 23.8. The minimum Gasteiger partial charge on any atom is -0.483 e. The quantitative estimate of drug-likeness (QED) is 0.833. The molecule has 0 bridgehead atoms. The van der Waals surface area contributed by atoms with Crippen molar-refractivity contribution in [3.05, 3.63) is 29.3 Å². The molecule has 0 atom stereocenters. The van der Waals surface area contributed by atoms with Gasteiger partial charge in [0.05, 0.1) is 0 Å². The molecule has 0 unspecified atom stereocenters. The van der Waals surface area contributed by atoms with Crippen molar-refractivity contribution in [3.8, 4) is 5.75 Å². The Morgan fingerprint density at radius 1 is 1.33 bits per heavy atom. The zero-order valence-corrected chi connectivity index (χ0v) is 14.4. The third kappa shape index (κ3) is 4.26. The first-order chi connectivity index (χ1) is 11.3. The fraction of sp³-hybridized carbons (Fsp3) is 0.556. The number of aryl methyl sites for hydroxylation is 1. The molecule has 0 spiro atoms. The third-order valence-electron chi connectivity index (χ3n) is 4.28. The first-order valence-electron chi connectivity index (χ1n) is 8.19. The fourth-order valence-corrected chi connectivity index (χ4v) is 2.80. The number of carbonyl (C=O) groups is 2. The largest absolute Gasteiger partial charge is 0.483 e. The standard InChI is InChI=1S/C18H25NO5/c1-12(2)14-5-4-13(3)10-15(14)24-11-16(20)19-18(17(21)22)6-8-23-9-7-18/h4-5,10,12H,6-9,11H2,1-3H3,(H,19,20)(H,21,22). The molecule has 1 aliphatic heterocycles. The van der Waals surface area contributed by atoms with Gasteiger partial charge in [-0.15, -0.1) is 0 Å². The molecule has 0 aliphatic carbocycles.